The van der Waals surface area contributed by atoms with Gasteiger partial charge in [-0.25, -0.2) is 0 Å². The van der Waals surface area contributed by atoms with Crippen LogP contribution in [0.25, 0.3) is 22.3 Å². The predicted molar refractivity (Wildman–Crippen MR) is 107 cm³/mol. The molecule has 0 unspecified atom stereocenters. The minimum atomic E-state index is 0.583. The maximum absolute atomic E-state index is 9.28. The van der Waals surface area contributed by atoms with Crippen LogP contribution in [0.15, 0.2) is 85.5 Å². The van der Waals surface area contributed by atoms with E-state index in [9.17, 15) is 5.26 Å². The molecule has 0 aromatic heterocycles. The highest BCUT2D eigenvalue weighted by molar-refractivity contribution is 5.84. The van der Waals surface area contributed by atoms with E-state index in [1.54, 1.807) is 6.08 Å². The molecule has 0 atom stereocenters. The number of nitriles is 1. The monoisotopic (exact) mass is 339 g/mol. The zero-order chi connectivity index (χ0) is 18.2. The lowest BCUT2D eigenvalue weighted by Gasteiger charge is -2.12. The number of hydrogen-bond acceptors (Lipinski definition) is 2. The number of hydrogen-bond donors (Lipinski definition) is 0. The Labute approximate surface area is 155 Å². The lowest BCUT2D eigenvalue weighted by Crippen LogP contribution is -1.98. The highest BCUT2D eigenvalue weighted by Crippen LogP contribution is 2.33. The van der Waals surface area contributed by atoms with Gasteiger partial charge in [-0.15, -0.1) is 6.58 Å². The van der Waals surface area contributed by atoms with E-state index in [-0.39, 0.29) is 0 Å². The Morgan fingerprint density at radius 3 is 2.31 bits per heavy atom. The standard InChI is InChI=1S/C24H21NO/c1-2-15-26-16-14-19-8-11-22(12-9-19)24-17-20(18-25)10-13-23(24)21-6-4-3-5-7-21/h2-13,17H,1,14-16H2. The minimum absolute atomic E-state index is 0.583. The summed E-state index contributed by atoms with van der Waals surface area (Å²) in [5, 5.41) is 9.28. The molecule has 2 nitrogen and oxygen atoms in total. The van der Waals surface area contributed by atoms with E-state index in [0.29, 0.717) is 18.8 Å². The topological polar surface area (TPSA) is 33.0 Å². The fourth-order valence-electron chi connectivity index (χ4n) is 2.93. The molecule has 0 N–H and O–H groups in total. The summed E-state index contributed by atoms with van der Waals surface area (Å²) in [6, 6.07) is 26.8. The van der Waals surface area contributed by atoms with Gasteiger partial charge in [-0.2, -0.15) is 5.26 Å². The molecule has 0 saturated heterocycles. The molecular formula is C24H21NO. The highest BCUT2D eigenvalue weighted by Gasteiger charge is 2.09. The SMILES string of the molecule is C=CCOCCc1ccc(-c2cc(C#N)ccc2-c2ccccc2)cc1. The van der Waals surface area contributed by atoms with Crippen molar-refractivity contribution in [3.8, 4) is 28.3 Å². The molecule has 0 fully saturated rings. The molecular weight excluding hydrogens is 318 g/mol. The van der Waals surface area contributed by atoms with Crippen LogP contribution < -0.4 is 0 Å². The lowest BCUT2D eigenvalue weighted by molar-refractivity contribution is 0.166. The van der Waals surface area contributed by atoms with Crippen LogP contribution in [0.3, 0.4) is 0 Å². The predicted octanol–water partition coefficient (Wildman–Crippen LogP) is 5.64. The Morgan fingerprint density at radius 2 is 1.62 bits per heavy atom. The van der Waals surface area contributed by atoms with Crippen molar-refractivity contribution in [2.45, 2.75) is 6.42 Å². The number of benzene rings is 3. The first-order valence-corrected chi connectivity index (χ1v) is 8.69. The van der Waals surface area contributed by atoms with E-state index in [1.165, 1.54) is 5.56 Å². The van der Waals surface area contributed by atoms with Gasteiger partial charge in [0.25, 0.3) is 0 Å². The van der Waals surface area contributed by atoms with Crippen LogP contribution in [0.4, 0.5) is 0 Å². The largest absolute Gasteiger partial charge is 0.377 e. The van der Waals surface area contributed by atoms with Crippen molar-refractivity contribution in [3.05, 3.63) is 96.6 Å². The number of nitrogens with zero attached hydrogens (tertiary/aromatic N) is 1. The van der Waals surface area contributed by atoms with Gasteiger partial charge in [0.1, 0.15) is 0 Å². The molecule has 0 aliphatic heterocycles. The second kappa shape index (κ2) is 8.80. The average Bonchev–Trinajstić information content (AvgIpc) is 2.72. The Hall–Kier alpha value is -3.15. The normalized spacial score (nSPS) is 10.3. The van der Waals surface area contributed by atoms with Crippen molar-refractivity contribution in [2.75, 3.05) is 13.2 Å². The first kappa shape index (κ1) is 17.7. The molecule has 0 heterocycles. The molecule has 0 bridgehead atoms. The Bertz CT molecular complexity index is 905. The van der Waals surface area contributed by atoms with Crippen molar-refractivity contribution in [3.63, 3.8) is 0 Å². The molecule has 0 saturated carbocycles. The molecule has 3 aromatic rings. The first-order chi connectivity index (χ1) is 12.8. The summed E-state index contributed by atoms with van der Waals surface area (Å²) in [6.07, 6.45) is 2.63. The molecule has 0 radical (unpaired) electrons. The van der Waals surface area contributed by atoms with Gasteiger partial charge in [0.05, 0.1) is 24.8 Å². The van der Waals surface area contributed by atoms with Gasteiger partial charge in [0.2, 0.25) is 0 Å². The van der Waals surface area contributed by atoms with Crippen LogP contribution in [0.5, 0.6) is 0 Å². The van der Waals surface area contributed by atoms with Crippen molar-refractivity contribution in [1.29, 1.82) is 5.26 Å². The zero-order valence-electron chi connectivity index (χ0n) is 14.7. The van der Waals surface area contributed by atoms with Crippen molar-refractivity contribution in [2.24, 2.45) is 0 Å². The Balaban J connectivity index is 1.90. The summed E-state index contributed by atoms with van der Waals surface area (Å²) in [5.74, 6) is 0. The second-order valence-electron chi connectivity index (χ2n) is 6.05. The van der Waals surface area contributed by atoms with E-state index in [4.69, 9.17) is 4.74 Å². The molecule has 3 aromatic carbocycles. The van der Waals surface area contributed by atoms with Gasteiger partial charge in [0.15, 0.2) is 0 Å². The molecule has 26 heavy (non-hydrogen) atoms. The van der Waals surface area contributed by atoms with E-state index in [0.717, 1.165) is 28.7 Å². The third-order valence-electron chi connectivity index (χ3n) is 4.27. The van der Waals surface area contributed by atoms with Gasteiger partial charge in [-0.05, 0) is 46.4 Å². The van der Waals surface area contributed by atoms with Gasteiger partial charge < -0.3 is 4.74 Å². The zero-order valence-corrected chi connectivity index (χ0v) is 14.7. The summed E-state index contributed by atoms with van der Waals surface area (Å²) in [7, 11) is 0. The second-order valence-corrected chi connectivity index (χ2v) is 6.05. The van der Waals surface area contributed by atoms with Crippen LogP contribution in [-0.4, -0.2) is 13.2 Å². The van der Waals surface area contributed by atoms with E-state index >= 15 is 0 Å². The fourth-order valence-corrected chi connectivity index (χ4v) is 2.93. The maximum Gasteiger partial charge on any atom is 0.0991 e. The van der Waals surface area contributed by atoms with Crippen LogP contribution in [0, 0.1) is 11.3 Å². The maximum atomic E-state index is 9.28. The van der Waals surface area contributed by atoms with Gasteiger partial charge in [0, 0.05) is 0 Å². The molecule has 128 valence electrons. The summed E-state index contributed by atoms with van der Waals surface area (Å²) in [6.45, 7) is 4.92. The lowest BCUT2D eigenvalue weighted by atomic mass is 9.92. The third-order valence-corrected chi connectivity index (χ3v) is 4.27. The number of rotatable bonds is 7. The molecule has 3 rings (SSSR count). The van der Waals surface area contributed by atoms with Crippen LogP contribution >= 0.6 is 0 Å². The van der Waals surface area contributed by atoms with Gasteiger partial charge >= 0.3 is 0 Å². The van der Waals surface area contributed by atoms with Gasteiger partial charge in [-0.1, -0.05) is 66.7 Å². The first-order valence-electron chi connectivity index (χ1n) is 8.69. The number of ether oxygens (including phenoxy) is 1. The quantitative estimate of drug-likeness (QED) is 0.412. The van der Waals surface area contributed by atoms with E-state index in [2.05, 4.69) is 49.0 Å². The summed E-state index contributed by atoms with van der Waals surface area (Å²) >= 11 is 0. The molecule has 2 heteroatoms. The van der Waals surface area contributed by atoms with E-state index < -0.39 is 0 Å². The summed E-state index contributed by atoms with van der Waals surface area (Å²) in [5.41, 5.74) is 6.36. The average molecular weight is 339 g/mol. The van der Waals surface area contributed by atoms with Crippen molar-refractivity contribution >= 4 is 0 Å². The van der Waals surface area contributed by atoms with Crippen LogP contribution in [-0.2, 0) is 11.2 Å². The molecule has 0 aliphatic carbocycles. The fraction of sp³-hybridized carbons (Fsp3) is 0.125. The van der Waals surface area contributed by atoms with Crippen LogP contribution in [0.2, 0.25) is 0 Å². The van der Waals surface area contributed by atoms with Gasteiger partial charge in [-0.3, -0.25) is 0 Å². The summed E-state index contributed by atoms with van der Waals surface area (Å²) < 4.78 is 5.45. The third kappa shape index (κ3) is 4.27. The summed E-state index contributed by atoms with van der Waals surface area (Å²) in [4.78, 5) is 0. The van der Waals surface area contributed by atoms with Crippen molar-refractivity contribution < 1.29 is 4.74 Å². The molecule has 0 amide bonds. The molecule has 0 aliphatic rings. The van der Waals surface area contributed by atoms with Crippen molar-refractivity contribution in [1.82, 2.24) is 0 Å². The van der Waals surface area contributed by atoms with E-state index in [1.807, 2.05) is 36.4 Å². The molecule has 0 spiro atoms. The Morgan fingerprint density at radius 1 is 0.885 bits per heavy atom. The highest BCUT2D eigenvalue weighted by atomic mass is 16.5. The Kier molecular flexibility index (Phi) is 5.98. The van der Waals surface area contributed by atoms with Crippen LogP contribution in [0.1, 0.15) is 11.1 Å². The minimum Gasteiger partial charge on any atom is -0.377 e. The smallest absolute Gasteiger partial charge is 0.0991 e.